The van der Waals surface area contributed by atoms with E-state index in [0.717, 1.165) is 5.56 Å². The molecule has 0 unspecified atom stereocenters. The Balaban J connectivity index is 2.21. The number of thiazole rings is 1. The molecule has 0 saturated heterocycles. The minimum Gasteiger partial charge on any atom is -0.319 e. The van der Waals surface area contributed by atoms with Gasteiger partial charge in [0.05, 0.1) is 16.2 Å². The number of amides is 1. The van der Waals surface area contributed by atoms with Crippen LogP contribution in [-0.4, -0.2) is 10.9 Å². The van der Waals surface area contributed by atoms with E-state index in [1.165, 1.54) is 11.3 Å². The lowest BCUT2D eigenvalue weighted by molar-refractivity contribution is 0.102. The largest absolute Gasteiger partial charge is 0.319 e. The molecule has 2 aromatic rings. The molecule has 0 saturated carbocycles. The number of hydrogen-bond donors (Lipinski definition) is 1. The van der Waals surface area contributed by atoms with Gasteiger partial charge < -0.3 is 5.32 Å². The Morgan fingerprint density at radius 1 is 1.50 bits per heavy atom. The topological polar surface area (TPSA) is 42.0 Å². The van der Waals surface area contributed by atoms with Gasteiger partial charge in [-0.05, 0) is 24.6 Å². The summed E-state index contributed by atoms with van der Waals surface area (Å²) in [6, 6.07) is 5.47. The molecule has 0 atom stereocenters. The predicted molar refractivity (Wildman–Crippen MR) is 66.3 cm³/mol. The van der Waals surface area contributed by atoms with Crippen LogP contribution in [0.4, 0.5) is 5.69 Å². The van der Waals surface area contributed by atoms with Gasteiger partial charge in [-0.25, -0.2) is 4.98 Å². The average molecular weight is 253 g/mol. The third kappa shape index (κ3) is 2.40. The summed E-state index contributed by atoms with van der Waals surface area (Å²) in [5.74, 6) is -0.242. The second-order valence-corrected chi connectivity index (χ2v) is 4.44. The summed E-state index contributed by atoms with van der Waals surface area (Å²) in [4.78, 5) is 15.6. The molecule has 1 amide bonds. The molecule has 2 rings (SSSR count). The molecule has 1 aromatic heterocycles. The molecular formula is C11H9ClN2OS. The number of aromatic nitrogens is 1. The fourth-order valence-corrected chi connectivity index (χ4v) is 1.94. The summed E-state index contributed by atoms with van der Waals surface area (Å²) in [6.45, 7) is 1.94. The first-order chi connectivity index (χ1) is 7.66. The maximum absolute atomic E-state index is 11.7. The maximum atomic E-state index is 11.7. The van der Waals surface area contributed by atoms with Crippen LogP contribution < -0.4 is 5.32 Å². The monoisotopic (exact) mass is 252 g/mol. The zero-order chi connectivity index (χ0) is 11.5. The van der Waals surface area contributed by atoms with Crippen LogP contribution in [0.2, 0.25) is 5.02 Å². The number of aryl methyl sites for hydroxylation is 1. The highest BCUT2D eigenvalue weighted by Gasteiger charge is 2.09. The molecule has 1 N–H and O–H groups in total. The molecule has 3 nitrogen and oxygen atoms in total. The zero-order valence-corrected chi connectivity index (χ0v) is 10.1. The van der Waals surface area contributed by atoms with Crippen LogP contribution >= 0.6 is 22.9 Å². The number of carbonyl (C=O) groups is 1. The van der Waals surface area contributed by atoms with E-state index in [9.17, 15) is 4.79 Å². The summed E-state index contributed by atoms with van der Waals surface area (Å²) >= 11 is 7.35. The molecule has 0 fully saturated rings. The third-order valence-corrected chi connectivity index (χ3v) is 2.95. The first kappa shape index (κ1) is 11.1. The van der Waals surface area contributed by atoms with Crippen LogP contribution in [0.1, 0.15) is 16.1 Å². The first-order valence-corrected chi connectivity index (χ1v) is 5.94. The van der Waals surface area contributed by atoms with Gasteiger partial charge in [-0.1, -0.05) is 17.7 Å². The minimum atomic E-state index is -0.242. The molecule has 1 heterocycles. The quantitative estimate of drug-likeness (QED) is 0.891. The lowest BCUT2D eigenvalue weighted by Gasteiger charge is -2.06. The number of hydrogen-bond acceptors (Lipinski definition) is 3. The SMILES string of the molecule is Cc1ccc(Cl)c(NC(=O)c2cscn2)c1. The van der Waals surface area contributed by atoms with Crippen molar-refractivity contribution in [2.75, 3.05) is 5.32 Å². The van der Waals surface area contributed by atoms with E-state index in [2.05, 4.69) is 10.3 Å². The molecule has 0 radical (unpaired) electrons. The number of nitrogens with one attached hydrogen (secondary N) is 1. The van der Waals surface area contributed by atoms with Crippen LogP contribution in [0.5, 0.6) is 0 Å². The van der Waals surface area contributed by atoms with Crippen LogP contribution in [0, 0.1) is 6.92 Å². The predicted octanol–water partition coefficient (Wildman–Crippen LogP) is 3.36. The highest BCUT2D eigenvalue weighted by atomic mass is 35.5. The van der Waals surface area contributed by atoms with Gasteiger partial charge >= 0.3 is 0 Å². The molecule has 1 aromatic carbocycles. The first-order valence-electron chi connectivity index (χ1n) is 4.62. The van der Waals surface area contributed by atoms with Crippen molar-refractivity contribution in [3.05, 3.63) is 45.4 Å². The lowest BCUT2D eigenvalue weighted by atomic mass is 10.2. The van der Waals surface area contributed by atoms with E-state index in [1.54, 1.807) is 17.0 Å². The lowest BCUT2D eigenvalue weighted by Crippen LogP contribution is -2.12. The van der Waals surface area contributed by atoms with Gasteiger partial charge in [0, 0.05) is 5.38 Å². The molecule has 0 spiro atoms. The molecule has 16 heavy (non-hydrogen) atoms. The Morgan fingerprint density at radius 2 is 2.31 bits per heavy atom. The van der Waals surface area contributed by atoms with Crippen molar-refractivity contribution in [2.24, 2.45) is 0 Å². The number of benzene rings is 1. The van der Waals surface area contributed by atoms with Crippen LogP contribution in [0.3, 0.4) is 0 Å². The molecule has 0 aliphatic rings. The normalized spacial score (nSPS) is 10.1. The van der Waals surface area contributed by atoms with Gasteiger partial charge in [0.15, 0.2) is 0 Å². The van der Waals surface area contributed by atoms with Crippen molar-refractivity contribution >= 4 is 34.5 Å². The highest BCUT2D eigenvalue weighted by Crippen LogP contribution is 2.23. The molecule has 0 bridgehead atoms. The van der Waals surface area contributed by atoms with E-state index in [4.69, 9.17) is 11.6 Å². The Bertz CT molecular complexity index is 511. The smallest absolute Gasteiger partial charge is 0.275 e. The molecule has 5 heteroatoms. The maximum Gasteiger partial charge on any atom is 0.275 e. The fraction of sp³-hybridized carbons (Fsp3) is 0.0909. The van der Waals surface area contributed by atoms with E-state index >= 15 is 0 Å². The van der Waals surface area contributed by atoms with Gasteiger partial charge in [-0.15, -0.1) is 11.3 Å². The second-order valence-electron chi connectivity index (χ2n) is 3.31. The van der Waals surface area contributed by atoms with Crippen molar-refractivity contribution in [1.29, 1.82) is 0 Å². The van der Waals surface area contributed by atoms with Crippen molar-refractivity contribution < 1.29 is 4.79 Å². The third-order valence-electron chi connectivity index (χ3n) is 2.04. The van der Waals surface area contributed by atoms with Crippen LogP contribution in [0.25, 0.3) is 0 Å². The van der Waals surface area contributed by atoms with E-state index in [1.807, 2.05) is 19.1 Å². The summed E-state index contributed by atoms with van der Waals surface area (Å²) in [5, 5.41) is 4.94. The number of halogens is 1. The van der Waals surface area contributed by atoms with Crippen LogP contribution in [-0.2, 0) is 0 Å². The van der Waals surface area contributed by atoms with Gasteiger partial charge in [-0.3, -0.25) is 4.79 Å². The van der Waals surface area contributed by atoms with Gasteiger partial charge in [0.25, 0.3) is 5.91 Å². The van der Waals surface area contributed by atoms with E-state index < -0.39 is 0 Å². The fourth-order valence-electron chi connectivity index (χ4n) is 1.25. The summed E-state index contributed by atoms with van der Waals surface area (Å²) in [5.41, 5.74) is 3.67. The average Bonchev–Trinajstić information content (AvgIpc) is 2.76. The Kier molecular flexibility index (Phi) is 3.22. The van der Waals surface area contributed by atoms with Gasteiger partial charge in [0.2, 0.25) is 0 Å². The second kappa shape index (κ2) is 4.63. The molecule has 82 valence electrons. The Hall–Kier alpha value is -1.39. The van der Waals surface area contributed by atoms with Gasteiger partial charge in [0.1, 0.15) is 5.69 Å². The summed E-state index contributed by atoms with van der Waals surface area (Å²) < 4.78 is 0. The zero-order valence-electron chi connectivity index (χ0n) is 8.53. The standard InChI is InChI=1S/C11H9ClN2OS/c1-7-2-3-8(12)9(4-7)14-11(15)10-5-16-6-13-10/h2-6H,1H3,(H,14,15). The number of nitrogens with zero attached hydrogens (tertiary/aromatic N) is 1. The Labute approximate surface area is 102 Å². The summed E-state index contributed by atoms with van der Waals surface area (Å²) in [7, 11) is 0. The number of rotatable bonds is 2. The van der Waals surface area contributed by atoms with Crippen LogP contribution in [0.15, 0.2) is 29.1 Å². The minimum absolute atomic E-state index is 0.242. The van der Waals surface area contributed by atoms with Crippen molar-refractivity contribution in [2.45, 2.75) is 6.92 Å². The number of carbonyl (C=O) groups excluding carboxylic acids is 1. The van der Waals surface area contributed by atoms with E-state index in [0.29, 0.717) is 16.4 Å². The number of anilines is 1. The Morgan fingerprint density at radius 3 is 3.00 bits per heavy atom. The molecular weight excluding hydrogens is 244 g/mol. The van der Waals surface area contributed by atoms with Crippen molar-refractivity contribution in [3.8, 4) is 0 Å². The van der Waals surface area contributed by atoms with Gasteiger partial charge in [-0.2, -0.15) is 0 Å². The molecule has 0 aliphatic carbocycles. The molecule has 0 aliphatic heterocycles. The summed E-state index contributed by atoms with van der Waals surface area (Å²) in [6.07, 6.45) is 0. The van der Waals surface area contributed by atoms with Crippen molar-refractivity contribution in [3.63, 3.8) is 0 Å². The van der Waals surface area contributed by atoms with Crippen molar-refractivity contribution in [1.82, 2.24) is 4.98 Å². The highest BCUT2D eigenvalue weighted by molar-refractivity contribution is 7.07. The van der Waals surface area contributed by atoms with E-state index in [-0.39, 0.29) is 5.91 Å².